The van der Waals surface area contributed by atoms with Crippen LogP contribution in [0.1, 0.15) is 13.8 Å². The number of rotatable bonds is 0. The van der Waals surface area contributed by atoms with E-state index in [-0.39, 0.29) is 56.2 Å². The summed E-state index contributed by atoms with van der Waals surface area (Å²) in [5.41, 5.74) is 0. The van der Waals surface area contributed by atoms with Gasteiger partial charge in [0.1, 0.15) is 12.6 Å². The van der Waals surface area contributed by atoms with Crippen LogP contribution in [0, 0.1) is 0 Å². The predicted molar refractivity (Wildman–Crippen MR) is 48.1 cm³/mol. The molecule has 0 aromatic heterocycles. The Bertz CT molecular complexity index is 79.1. The molecule has 10 heteroatoms. The molecule has 1 aliphatic rings. The van der Waals surface area contributed by atoms with E-state index in [0.29, 0.717) is 6.61 Å². The van der Waals surface area contributed by atoms with Gasteiger partial charge in [0, 0.05) is 39.0 Å². The maximum atomic E-state index is 8.00. The zero-order chi connectivity index (χ0) is 10.1. The van der Waals surface area contributed by atoms with Crippen molar-refractivity contribution in [2.45, 2.75) is 32.7 Å². The zero-order valence-electron chi connectivity index (χ0n) is 8.79. The number of aliphatic hydroxyl groups is 7. The molecule has 0 saturated carbocycles. The van der Waals surface area contributed by atoms with Crippen molar-refractivity contribution in [1.29, 1.82) is 0 Å². The first kappa shape index (κ1) is 36.0. The average molecular weight is 427 g/mol. The molecule has 2 radical (unpaired) electrons. The molecule has 110 valence electrons. The van der Waals surface area contributed by atoms with Crippen LogP contribution in [0.4, 0.5) is 0 Å². The third-order valence-corrected chi connectivity index (χ3v) is 0.346. The largest absolute Gasteiger partial charge is 0.412 e. The fourth-order valence-corrected chi connectivity index (χ4v) is 0.0471. The maximum Gasteiger partial charge on any atom is 0.333 e. The summed E-state index contributed by atoms with van der Waals surface area (Å²) < 4.78 is 3.46. The summed E-state index contributed by atoms with van der Waals surface area (Å²) in [5, 5.41) is 38.4. The summed E-state index contributed by atoms with van der Waals surface area (Å²) in [5.74, 6) is 0. The van der Waals surface area contributed by atoms with E-state index < -0.39 is 12.6 Å². The van der Waals surface area contributed by atoms with Gasteiger partial charge in [-0.25, -0.2) is 0 Å². The minimum Gasteiger partial charge on any atom is -0.412 e. The van der Waals surface area contributed by atoms with E-state index in [1.807, 2.05) is 0 Å². The molecule has 1 heterocycles. The van der Waals surface area contributed by atoms with Crippen molar-refractivity contribution in [2.75, 3.05) is 6.61 Å². The molecule has 1 saturated heterocycles. The van der Waals surface area contributed by atoms with E-state index >= 15 is 0 Å². The first-order valence-corrected chi connectivity index (χ1v) is 3.43. The Balaban J connectivity index is -0.0000000208. The SMILES string of the molecule is CC(O)O.CC(O)O.O.O.OC1C[OH+]1.[Rh].[Rh]. The van der Waals surface area contributed by atoms with E-state index in [2.05, 4.69) is 4.74 Å². The normalized spacial score (nSPS) is 14.4. The molecule has 1 atom stereocenters. The molecule has 0 spiro atoms. The zero-order valence-corrected chi connectivity index (χ0v) is 12.1. The van der Waals surface area contributed by atoms with Crippen molar-refractivity contribution in [3.8, 4) is 0 Å². The van der Waals surface area contributed by atoms with Crippen LogP contribution in [-0.4, -0.2) is 66.7 Å². The summed E-state index contributed by atoms with van der Waals surface area (Å²) in [6.07, 6.45) is -2.63. The molecule has 1 aliphatic heterocycles. The number of ether oxygens (including phenoxy) is 1. The van der Waals surface area contributed by atoms with Gasteiger partial charge in [-0.2, -0.15) is 0 Å². The van der Waals surface area contributed by atoms with Gasteiger partial charge in [-0.15, -0.1) is 0 Å². The van der Waals surface area contributed by atoms with Gasteiger partial charge in [0.05, 0.1) is 0 Å². The van der Waals surface area contributed by atoms with E-state index in [1.165, 1.54) is 13.8 Å². The van der Waals surface area contributed by atoms with Gasteiger partial charge in [0.2, 0.25) is 6.61 Å². The first-order valence-electron chi connectivity index (χ1n) is 3.43. The summed E-state index contributed by atoms with van der Waals surface area (Å²) in [6, 6.07) is 0. The molecule has 0 amide bonds. The van der Waals surface area contributed by atoms with Crippen molar-refractivity contribution in [1.82, 2.24) is 0 Å². The molecule has 1 fully saturated rings. The molecular formula is C6H21O8Rh2+. The minimum atomic E-state index is -1.17. The predicted octanol–water partition coefficient (Wildman–Crippen LogP) is -4.17. The van der Waals surface area contributed by atoms with Gasteiger partial charge in [-0.3, -0.25) is 0 Å². The van der Waals surface area contributed by atoms with Gasteiger partial charge in [-0.1, -0.05) is 0 Å². The molecule has 8 nitrogen and oxygen atoms in total. The van der Waals surface area contributed by atoms with E-state index in [0.717, 1.165) is 0 Å². The van der Waals surface area contributed by atoms with Crippen LogP contribution < -0.4 is 0 Å². The fourth-order valence-electron chi connectivity index (χ4n) is 0.0471. The Kier molecular flexibility index (Phi) is 56.1. The second-order valence-corrected chi connectivity index (χ2v) is 2.11. The topological polar surface area (TPSA) is 177 Å². The van der Waals surface area contributed by atoms with Crippen LogP contribution in [-0.2, 0) is 39.0 Å². The summed E-state index contributed by atoms with van der Waals surface area (Å²) in [4.78, 5) is 0. The summed E-state index contributed by atoms with van der Waals surface area (Å²) >= 11 is 0. The quantitative estimate of drug-likeness (QED) is 0.114. The number of aliphatic hydroxyl groups excluding tert-OH is 3. The van der Waals surface area contributed by atoms with E-state index in [1.54, 1.807) is 0 Å². The van der Waals surface area contributed by atoms with Crippen LogP contribution in [0.25, 0.3) is 0 Å². The number of epoxide rings is 1. The molecule has 0 bridgehead atoms. The van der Waals surface area contributed by atoms with Crippen molar-refractivity contribution in [2.24, 2.45) is 0 Å². The third kappa shape index (κ3) is 188. The second kappa shape index (κ2) is 24.9. The molecule has 1 rings (SSSR count). The molecule has 0 aromatic rings. The monoisotopic (exact) mass is 427 g/mol. The van der Waals surface area contributed by atoms with E-state index in [4.69, 9.17) is 25.5 Å². The first-order chi connectivity index (χ1) is 5.36. The molecule has 1 unspecified atom stereocenters. The van der Waals surface area contributed by atoms with Crippen molar-refractivity contribution in [3.05, 3.63) is 0 Å². The number of hydrogen-bond acceptors (Lipinski definition) is 5. The van der Waals surface area contributed by atoms with Crippen molar-refractivity contribution >= 4 is 0 Å². The molecule has 0 aromatic carbocycles. The van der Waals surface area contributed by atoms with Gasteiger partial charge < -0.3 is 41.2 Å². The van der Waals surface area contributed by atoms with Gasteiger partial charge in [0.25, 0.3) is 0 Å². The van der Waals surface area contributed by atoms with Crippen LogP contribution >= 0.6 is 0 Å². The van der Waals surface area contributed by atoms with Crippen LogP contribution in [0.5, 0.6) is 0 Å². The second-order valence-electron chi connectivity index (χ2n) is 2.11. The minimum absolute atomic E-state index is 0. The van der Waals surface area contributed by atoms with Crippen molar-refractivity contribution < 1.29 is 80.2 Å². The van der Waals surface area contributed by atoms with Crippen molar-refractivity contribution in [3.63, 3.8) is 0 Å². The third-order valence-electron chi connectivity index (χ3n) is 0.346. The van der Waals surface area contributed by atoms with Gasteiger partial charge in [0.15, 0.2) is 0 Å². The van der Waals surface area contributed by atoms with E-state index in [9.17, 15) is 0 Å². The standard InChI is InChI=1S/C2H4O2.2C2H6O2.2H2O.2Rh/c3-2-1-4-2;2*1-2(3)4;;;;/h2-3H,1H2;2*2-4H,1H3;2*1H2;;/p+1. The molecule has 10 N–H and O–H groups in total. The Morgan fingerprint density at radius 2 is 1.00 bits per heavy atom. The van der Waals surface area contributed by atoms with Crippen LogP contribution in [0.2, 0.25) is 0 Å². The Morgan fingerprint density at radius 1 is 0.938 bits per heavy atom. The summed E-state index contributed by atoms with van der Waals surface area (Å²) in [6.45, 7) is 3.22. The van der Waals surface area contributed by atoms with Gasteiger partial charge >= 0.3 is 6.29 Å². The molecule has 0 aliphatic carbocycles. The Labute approximate surface area is 119 Å². The summed E-state index contributed by atoms with van der Waals surface area (Å²) in [7, 11) is 0. The Morgan fingerprint density at radius 3 is 1.00 bits per heavy atom. The smallest absolute Gasteiger partial charge is 0.333 e. The van der Waals surface area contributed by atoms with Crippen LogP contribution in [0.15, 0.2) is 0 Å². The van der Waals surface area contributed by atoms with Crippen LogP contribution in [0.3, 0.4) is 0 Å². The number of hydrogen-bond donors (Lipinski definition) is 5. The maximum absolute atomic E-state index is 8.00. The average Bonchev–Trinajstić information content (AvgIpc) is 2.46. The molecular weight excluding hydrogens is 406 g/mol. The van der Waals surface area contributed by atoms with Gasteiger partial charge in [-0.05, 0) is 13.8 Å². The fraction of sp³-hybridized carbons (Fsp3) is 1.00. The Hall–Kier alpha value is 0.927. The molecule has 16 heavy (non-hydrogen) atoms.